The summed E-state index contributed by atoms with van der Waals surface area (Å²) in [5.41, 5.74) is 4.87. The fraction of sp³-hybridized carbons (Fsp3) is 0.250. The number of ether oxygens (including phenoxy) is 1. The van der Waals surface area contributed by atoms with E-state index < -0.39 is 0 Å². The molecule has 0 aliphatic carbocycles. The van der Waals surface area contributed by atoms with Crippen molar-refractivity contribution < 1.29 is 14.3 Å². The average Bonchev–Trinajstić information content (AvgIpc) is 2.70. The molecule has 8 heteroatoms. The van der Waals surface area contributed by atoms with Crippen LogP contribution in [0.3, 0.4) is 0 Å². The van der Waals surface area contributed by atoms with Crippen LogP contribution < -0.4 is 16.5 Å². The van der Waals surface area contributed by atoms with Gasteiger partial charge in [0, 0.05) is 12.6 Å². The van der Waals surface area contributed by atoms with Gasteiger partial charge in [0.15, 0.2) is 6.29 Å². The van der Waals surface area contributed by atoms with Crippen LogP contribution in [0.5, 0.6) is 0 Å². The minimum Gasteiger partial charge on any atom is -0.375 e. The standard InChI is InChI=1S/C20H22B2N2O4/c1-11-7-12(9-25)14(8-16(11)22)13-5-6-28-10-18(13)24(2)20(27)17-4-3-15(21)19(26)23-17/h3-5,7-9,18H,6,10,21-22H2,1-2H3,(H,23,26). The smallest absolute Gasteiger partial charge is 0.270 e. The van der Waals surface area contributed by atoms with E-state index in [0.29, 0.717) is 24.2 Å². The summed E-state index contributed by atoms with van der Waals surface area (Å²) in [6, 6.07) is 6.71. The number of carbonyl (C=O) groups excluding carboxylic acids is 2. The summed E-state index contributed by atoms with van der Waals surface area (Å²) in [7, 11) is 5.36. The molecular formula is C20H22B2N2O4. The maximum Gasteiger partial charge on any atom is 0.270 e. The monoisotopic (exact) mass is 376 g/mol. The summed E-state index contributed by atoms with van der Waals surface area (Å²) < 4.78 is 5.58. The second-order valence-electron chi connectivity index (χ2n) is 7.15. The maximum atomic E-state index is 13.0. The number of H-pyrrole nitrogens is 1. The van der Waals surface area contributed by atoms with Crippen LogP contribution in [0, 0.1) is 6.92 Å². The van der Waals surface area contributed by atoms with Crippen molar-refractivity contribution in [3.05, 3.63) is 63.1 Å². The van der Waals surface area contributed by atoms with Crippen LogP contribution in [0.1, 0.15) is 32.0 Å². The Labute approximate surface area is 165 Å². The predicted octanol–water partition coefficient (Wildman–Crippen LogP) is -1.43. The van der Waals surface area contributed by atoms with Gasteiger partial charge in [-0.25, -0.2) is 0 Å². The first kappa shape index (κ1) is 19.9. The number of aromatic nitrogens is 1. The molecule has 1 atom stereocenters. The molecule has 2 heterocycles. The zero-order chi connectivity index (χ0) is 20.4. The largest absolute Gasteiger partial charge is 0.375 e. The Morgan fingerprint density at radius 1 is 1.29 bits per heavy atom. The van der Waals surface area contributed by atoms with Crippen molar-refractivity contribution >= 4 is 44.4 Å². The maximum absolute atomic E-state index is 13.0. The van der Waals surface area contributed by atoms with Crippen molar-refractivity contribution in [2.24, 2.45) is 0 Å². The second-order valence-corrected chi connectivity index (χ2v) is 7.15. The first-order chi connectivity index (χ1) is 13.3. The van der Waals surface area contributed by atoms with Crippen molar-refractivity contribution in [1.29, 1.82) is 0 Å². The second kappa shape index (κ2) is 8.02. The quantitative estimate of drug-likeness (QED) is 0.524. The van der Waals surface area contributed by atoms with Crippen molar-refractivity contribution in [3.8, 4) is 0 Å². The molecule has 2 aromatic rings. The molecule has 142 valence electrons. The third-order valence-electron chi connectivity index (χ3n) is 5.28. The highest BCUT2D eigenvalue weighted by atomic mass is 16.5. The van der Waals surface area contributed by atoms with Crippen molar-refractivity contribution in [2.45, 2.75) is 13.0 Å². The predicted molar refractivity (Wildman–Crippen MR) is 115 cm³/mol. The van der Waals surface area contributed by atoms with Gasteiger partial charge in [-0.1, -0.05) is 29.2 Å². The Kier molecular flexibility index (Phi) is 5.70. The third-order valence-corrected chi connectivity index (χ3v) is 5.28. The van der Waals surface area contributed by atoms with Gasteiger partial charge < -0.3 is 14.6 Å². The summed E-state index contributed by atoms with van der Waals surface area (Å²) in [5, 5.41) is 0. The van der Waals surface area contributed by atoms with Gasteiger partial charge in [-0.2, -0.15) is 0 Å². The van der Waals surface area contributed by atoms with Crippen LogP contribution in [0.15, 0.2) is 35.1 Å². The first-order valence-electron chi connectivity index (χ1n) is 9.15. The Bertz CT molecular complexity index is 1030. The lowest BCUT2D eigenvalue weighted by Crippen LogP contribution is -2.44. The van der Waals surface area contributed by atoms with Gasteiger partial charge in [0.1, 0.15) is 21.4 Å². The molecule has 1 aromatic carbocycles. The number of aromatic amines is 1. The fourth-order valence-electron chi connectivity index (χ4n) is 3.35. The normalized spacial score (nSPS) is 16.4. The Morgan fingerprint density at radius 3 is 2.71 bits per heavy atom. The van der Waals surface area contributed by atoms with E-state index >= 15 is 0 Å². The van der Waals surface area contributed by atoms with Crippen molar-refractivity contribution in [1.82, 2.24) is 9.88 Å². The molecule has 0 fully saturated rings. The lowest BCUT2D eigenvalue weighted by molar-refractivity contribution is 0.0615. The minimum absolute atomic E-state index is 0.221. The van der Waals surface area contributed by atoms with E-state index in [0.717, 1.165) is 28.4 Å². The number of rotatable bonds is 4. The molecule has 3 rings (SSSR count). The van der Waals surface area contributed by atoms with Crippen LogP contribution in [0.2, 0.25) is 0 Å². The molecule has 1 aliphatic rings. The molecule has 1 aliphatic heterocycles. The van der Waals surface area contributed by atoms with E-state index in [2.05, 4.69) is 4.98 Å². The summed E-state index contributed by atoms with van der Waals surface area (Å²) >= 11 is 0. The molecule has 0 saturated heterocycles. The third kappa shape index (κ3) is 3.73. The highest BCUT2D eigenvalue weighted by molar-refractivity contribution is 6.33. The number of aldehydes is 1. The number of nitrogens with zero attached hydrogens (tertiary/aromatic N) is 1. The highest BCUT2D eigenvalue weighted by Crippen LogP contribution is 2.28. The molecule has 1 unspecified atom stereocenters. The molecule has 0 saturated carbocycles. The molecule has 28 heavy (non-hydrogen) atoms. The van der Waals surface area contributed by atoms with Crippen LogP contribution in [-0.2, 0) is 4.74 Å². The zero-order valence-electron chi connectivity index (χ0n) is 16.5. The van der Waals surface area contributed by atoms with Crippen LogP contribution >= 0.6 is 0 Å². The zero-order valence-corrected chi connectivity index (χ0v) is 16.5. The lowest BCUT2D eigenvalue weighted by atomic mass is 9.83. The SMILES string of the molecule is Bc1cc(C2=CCOCC2N(C)C(=O)c2ccc(B)c(=O)[nH]2)c(C=O)cc1C. The van der Waals surface area contributed by atoms with Crippen LogP contribution in [-0.4, -0.2) is 64.1 Å². The number of benzene rings is 1. The summed E-state index contributed by atoms with van der Waals surface area (Å²) in [5.74, 6) is -0.310. The van der Waals surface area contributed by atoms with E-state index in [-0.39, 0.29) is 23.2 Å². The highest BCUT2D eigenvalue weighted by Gasteiger charge is 2.29. The van der Waals surface area contributed by atoms with Gasteiger partial charge in [0.05, 0.1) is 19.3 Å². The number of aryl methyl sites for hydroxylation is 1. The molecule has 0 spiro atoms. The van der Waals surface area contributed by atoms with E-state index in [1.165, 1.54) is 0 Å². The van der Waals surface area contributed by atoms with Gasteiger partial charge in [-0.05, 0) is 35.7 Å². The average molecular weight is 376 g/mol. The van der Waals surface area contributed by atoms with E-state index in [1.807, 2.05) is 33.0 Å². The molecular weight excluding hydrogens is 354 g/mol. The Morgan fingerprint density at radius 2 is 2.04 bits per heavy atom. The number of carbonyl (C=O) groups is 2. The minimum atomic E-state index is -0.369. The van der Waals surface area contributed by atoms with Gasteiger partial charge in [0.2, 0.25) is 5.56 Å². The summed E-state index contributed by atoms with van der Waals surface area (Å²) in [6.07, 6.45) is 2.75. The number of pyridine rings is 1. The number of hydrogen-bond donors (Lipinski definition) is 1. The van der Waals surface area contributed by atoms with E-state index in [1.54, 1.807) is 31.9 Å². The van der Waals surface area contributed by atoms with E-state index in [9.17, 15) is 14.4 Å². The number of likely N-dealkylation sites (N-methyl/N-ethyl adjacent to an activating group) is 1. The van der Waals surface area contributed by atoms with Gasteiger partial charge in [-0.15, -0.1) is 0 Å². The van der Waals surface area contributed by atoms with Gasteiger partial charge in [0.25, 0.3) is 5.91 Å². The molecule has 0 bridgehead atoms. The number of nitrogens with one attached hydrogen (secondary N) is 1. The topological polar surface area (TPSA) is 79.5 Å². The van der Waals surface area contributed by atoms with Gasteiger partial charge in [-0.3, -0.25) is 14.4 Å². The van der Waals surface area contributed by atoms with E-state index in [4.69, 9.17) is 4.74 Å². The summed E-state index contributed by atoms with van der Waals surface area (Å²) in [4.78, 5) is 40.7. The lowest BCUT2D eigenvalue weighted by Gasteiger charge is -2.33. The molecule has 1 amide bonds. The van der Waals surface area contributed by atoms with Crippen LogP contribution in [0.25, 0.3) is 5.57 Å². The molecule has 6 nitrogen and oxygen atoms in total. The Balaban J connectivity index is 2.00. The first-order valence-corrected chi connectivity index (χ1v) is 9.15. The molecule has 1 N–H and O–H groups in total. The Hall–Kier alpha value is -2.86. The van der Waals surface area contributed by atoms with Crippen LogP contribution in [0.4, 0.5) is 0 Å². The number of hydrogen-bond acceptors (Lipinski definition) is 4. The summed E-state index contributed by atoms with van der Waals surface area (Å²) in [6.45, 7) is 2.70. The van der Waals surface area contributed by atoms with Crippen molar-refractivity contribution in [2.75, 3.05) is 20.3 Å². The fourth-order valence-corrected chi connectivity index (χ4v) is 3.35. The van der Waals surface area contributed by atoms with Gasteiger partial charge >= 0.3 is 0 Å². The van der Waals surface area contributed by atoms with Crippen molar-refractivity contribution in [3.63, 3.8) is 0 Å². The number of amides is 1. The molecule has 1 aromatic heterocycles. The molecule has 0 radical (unpaired) electrons.